The number of hydrogen-bond donors (Lipinski definition) is 1. The van der Waals surface area contributed by atoms with Gasteiger partial charge in [-0.1, -0.05) is 0 Å². The Morgan fingerprint density at radius 2 is 2.14 bits per heavy atom. The van der Waals surface area contributed by atoms with Gasteiger partial charge >= 0.3 is 6.18 Å². The highest BCUT2D eigenvalue weighted by Gasteiger charge is 2.27. The lowest BCUT2D eigenvalue weighted by molar-refractivity contribution is -0.138. The zero-order chi connectivity index (χ0) is 11.2. The fraction of sp³-hybridized carbons (Fsp3) is 0.714. The van der Waals surface area contributed by atoms with Gasteiger partial charge in [0.15, 0.2) is 0 Å². The van der Waals surface area contributed by atoms with Crippen LogP contribution in [0.2, 0.25) is 0 Å². The van der Waals surface area contributed by atoms with Crippen molar-refractivity contribution < 1.29 is 18.0 Å². The van der Waals surface area contributed by atoms with Gasteiger partial charge in [-0.25, -0.2) is 0 Å². The van der Waals surface area contributed by atoms with E-state index in [0.29, 0.717) is 0 Å². The third-order valence-corrected chi connectivity index (χ3v) is 1.24. The first kappa shape index (κ1) is 12.7. The monoisotopic (exact) mass is 209 g/mol. The second-order valence-corrected chi connectivity index (χ2v) is 2.72. The summed E-state index contributed by atoms with van der Waals surface area (Å²) >= 11 is 0. The molecule has 0 heterocycles. The van der Waals surface area contributed by atoms with Crippen LogP contribution in [0.3, 0.4) is 0 Å². The predicted molar refractivity (Wildman–Crippen MR) is 42.2 cm³/mol. The van der Waals surface area contributed by atoms with Crippen molar-refractivity contribution in [1.29, 1.82) is 5.26 Å². The van der Waals surface area contributed by atoms with E-state index in [2.05, 4.69) is 0 Å². The lowest BCUT2D eigenvalue weighted by Crippen LogP contribution is -2.39. The van der Waals surface area contributed by atoms with Crippen LogP contribution in [0.25, 0.3) is 0 Å². The number of rotatable bonds is 4. The molecule has 0 atom stereocenters. The molecule has 0 saturated heterocycles. The van der Waals surface area contributed by atoms with Crippen LogP contribution in [-0.4, -0.2) is 43.7 Å². The first-order valence-electron chi connectivity index (χ1n) is 3.74. The van der Waals surface area contributed by atoms with Crippen LogP contribution in [-0.2, 0) is 4.79 Å². The number of amides is 1. The maximum absolute atomic E-state index is 11.6. The third-order valence-electron chi connectivity index (χ3n) is 1.24. The van der Waals surface area contributed by atoms with Gasteiger partial charge < -0.3 is 5.32 Å². The van der Waals surface area contributed by atoms with Crippen LogP contribution >= 0.6 is 0 Å². The molecule has 0 aliphatic carbocycles. The van der Waals surface area contributed by atoms with Crippen LogP contribution in [0.4, 0.5) is 13.2 Å². The van der Waals surface area contributed by atoms with Crippen molar-refractivity contribution in [1.82, 2.24) is 10.2 Å². The summed E-state index contributed by atoms with van der Waals surface area (Å²) in [6, 6.07) is 1.77. The summed E-state index contributed by atoms with van der Waals surface area (Å²) in [4.78, 5) is 12.1. The zero-order valence-corrected chi connectivity index (χ0v) is 7.56. The summed E-state index contributed by atoms with van der Waals surface area (Å²) in [6.45, 7) is -1.56. The van der Waals surface area contributed by atoms with Crippen molar-refractivity contribution in [3.63, 3.8) is 0 Å². The number of nitrogens with zero attached hydrogens (tertiary/aromatic N) is 2. The van der Waals surface area contributed by atoms with E-state index in [9.17, 15) is 18.0 Å². The highest BCUT2D eigenvalue weighted by atomic mass is 19.4. The first-order chi connectivity index (χ1) is 6.35. The molecule has 1 N–H and O–H groups in total. The van der Waals surface area contributed by atoms with Crippen molar-refractivity contribution in [2.24, 2.45) is 0 Å². The molecule has 0 spiro atoms. The molecule has 0 saturated carbocycles. The van der Waals surface area contributed by atoms with Crippen molar-refractivity contribution in [2.75, 3.05) is 26.7 Å². The Labute approximate surface area is 79.3 Å². The van der Waals surface area contributed by atoms with Crippen LogP contribution < -0.4 is 5.32 Å². The minimum atomic E-state index is -4.40. The quantitative estimate of drug-likeness (QED) is 0.669. The van der Waals surface area contributed by atoms with E-state index in [1.807, 2.05) is 0 Å². The van der Waals surface area contributed by atoms with Crippen molar-refractivity contribution in [3.8, 4) is 6.07 Å². The standard InChI is InChI=1S/C7H10F3N3O/c1-13(3-2-11)4-6(14)12-5-7(8,9)10/h3-5H2,1H3,(H,12,14). The molecule has 1 amide bonds. The molecule has 7 heteroatoms. The van der Waals surface area contributed by atoms with E-state index in [4.69, 9.17) is 5.26 Å². The average Bonchev–Trinajstić information content (AvgIpc) is 2.00. The Morgan fingerprint density at radius 1 is 1.57 bits per heavy atom. The first-order valence-corrected chi connectivity index (χ1v) is 3.74. The molecule has 0 rings (SSSR count). The topological polar surface area (TPSA) is 56.1 Å². The van der Waals surface area contributed by atoms with E-state index >= 15 is 0 Å². The maximum Gasteiger partial charge on any atom is 0.405 e. The minimum absolute atomic E-state index is 0.000558. The highest BCUT2D eigenvalue weighted by molar-refractivity contribution is 5.78. The number of likely N-dealkylation sites (N-methyl/N-ethyl adjacent to an activating group) is 1. The molecule has 0 fully saturated rings. The van der Waals surface area contributed by atoms with E-state index < -0.39 is 18.6 Å². The lowest BCUT2D eigenvalue weighted by Gasteiger charge is -2.13. The van der Waals surface area contributed by atoms with Crippen LogP contribution in [0.1, 0.15) is 0 Å². The maximum atomic E-state index is 11.6. The summed E-state index contributed by atoms with van der Waals surface area (Å²) in [5, 5.41) is 9.90. The fourth-order valence-electron chi connectivity index (χ4n) is 0.676. The van der Waals surface area contributed by atoms with Crippen molar-refractivity contribution in [3.05, 3.63) is 0 Å². The number of halogens is 3. The van der Waals surface area contributed by atoms with Crippen LogP contribution in [0, 0.1) is 11.3 Å². The van der Waals surface area contributed by atoms with Gasteiger partial charge in [-0.3, -0.25) is 9.69 Å². The summed E-state index contributed by atoms with van der Waals surface area (Å²) in [6.07, 6.45) is -4.40. The zero-order valence-electron chi connectivity index (χ0n) is 7.56. The van der Waals surface area contributed by atoms with E-state index in [1.54, 1.807) is 11.4 Å². The number of carbonyl (C=O) groups is 1. The van der Waals surface area contributed by atoms with Gasteiger partial charge in [-0.15, -0.1) is 0 Å². The van der Waals surface area contributed by atoms with E-state index in [-0.39, 0.29) is 13.1 Å². The number of nitrogens with one attached hydrogen (secondary N) is 1. The molecule has 80 valence electrons. The number of alkyl halides is 3. The predicted octanol–water partition coefficient (Wildman–Crippen LogP) is 0.120. The molecule has 0 aromatic carbocycles. The molecule has 0 unspecified atom stereocenters. The number of hydrogen-bond acceptors (Lipinski definition) is 3. The van der Waals surface area contributed by atoms with Crippen molar-refractivity contribution >= 4 is 5.91 Å². The molecular weight excluding hydrogens is 199 g/mol. The average molecular weight is 209 g/mol. The largest absolute Gasteiger partial charge is 0.405 e. The summed E-state index contributed by atoms with van der Waals surface area (Å²) in [5.74, 6) is -0.750. The molecule has 4 nitrogen and oxygen atoms in total. The Kier molecular flexibility index (Phi) is 4.94. The summed E-state index contributed by atoms with van der Waals surface area (Å²) in [7, 11) is 1.47. The third kappa shape index (κ3) is 7.36. The van der Waals surface area contributed by atoms with Gasteiger partial charge in [0.05, 0.1) is 19.2 Å². The summed E-state index contributed by atoms with van der Waals surface area (Å²) in [5.41, 5.74) is 0. The Bertz CT molecular complexity index is 233. The summed E-state index contributed by atoms with van der Waals surface area (Å²) < 4.78 is 34.9. The molecule has 14 heavy (non-hydrogen) atoms. The molecular formula is C7H10F3N3O. The lowest BCUT2D eigenvalue weighted by atomic mass is 10.5. The van der Waals surface area contributed by atoms with Gasteiger partial charge in [-0.05, 0) is 7.05 Å². The van der Waals surface area contributed by atoms with Crippen LogP contribution in [0.5, 0.6) is 0 Å². The normalized spacial score (nSPS) is 11.1. The Hall–Kier alpha value is -1.29. The fourth-order valence-corrected chi connectivity index (χ4v) is 0.676. The number of nitriles is 1. The van der Waals surface area contributed by atoms with Gasteiger partial charge in [0, 0.05) is 0 Å². The Morgan fingerprint density at radius 3 is 2.57 bits per heavy atom. The second kappa shape index (κ2) is 5.44. The van der Waals surface area contributed by atoms with Crippen LogP contribution in [0.15, 0.2) is 0 Å². The molecule has 0 radical (unpaired) electrons. The molecule has 0 aliphatic heterocycles. The van der Waals surface area contributed by atoms with Gasteiger partial charge in [0.25, 0.3) is 0 Å². The van der Waals surface area contributed by atoms with Gasteiger partial charge in [-0.2, -0.15) is 18.4 Å². The Balaban J connectivity index is 3.72. The highest BCUT2D eigenvalue weighted by Crippen LogP contribution is 2.11. The van der Waals surface area contributed by atoms with E-state index in [0.717, 1.165) is 0 Å². The SMILES string of the molecule is CN(CC#N)CC(=O)NCC(F)(F)F. The molecule has 0 aromatic rings. The molecule has 0 aromatic heterocycles. The van der Waals surface area contributed by atoms with Gasteiger partial charge in [0.1, 0.15) is 6.54 Å². The molecule has 0 bridgehead atoms. The van der Waals surface area contributed by atoms with E-state index in [1.165, 1.54) is 11.9 Å². The smallest absolute Gasteiger partial charge is 0.346 e. The van der Waals surface area contributed by atoms with Crippen molar-refractivity contribution in [2.45, 2.75) is 6.18 Å². The second-order valence-electron chi connectivity index (χ2n) is 2.72. The molecule has 0 aliphatic rings. The minimum Gasteiger partial charge on any atom is -0.346 e. The van der Waals surface area contributed by atoms with Gasteiger partial charge in [0.2, 0.25) is 5.91 Å². The number of carbonyl (C=O) groups excluding carboxylic acids is 1.